The smallest absolute Gasteiger partial charge is 0.333 e. The van der Waals surface area contributed by atoms with Crippen LogP contribution in [0, 0.1) is 0 Å². The molecule has 7 nitrogen and oxygen atoms in total. The number of aromatic nitrogens is 2. The monoisotopic (exact) mass is 428 g/mol. The van der Waals surface area contributed by atoms with Gasteiger partial charge in [0.15, 0.2) is 0 Å². The van der Waals surface area contributed by atoms with Gasteiger partial charge < -0.3 is 10.4 Å². The third kappa shape index (κ3) is 4.05. The number of hydrogen-bond acceptors (Lipinski definition) is 5. The first-order valence-electron chi connectivity index (χ1n) is 10.3. The van der Waals surface area contributed by atoms with Crippen LogP contribution in [0.4, 0.5) is 11.4 Å². The number of anilines is 1. The number of nitrogens with zero attached hydrogens (tertiary/aromatic N) is 3. The highest BCUT2D eigenvalue weighted by atomic mass is 16.3. The molecular formula is C25H24N4O3. The van der Waals surface area contributed by atoms with E-state index in [0.717, 1.165) is 31.7 Å². The van der Waals surface area contributed by atoms with E-state index in [0.29, 0.717) is 18.4 Å². The maximum absolute atomic E-state index is 13.1. The molecule has 0 atom stereocenters. The van der Waals surface area contributed by atoms with Gasteiger partial charge in [-0.2, -0.15) is 0 Å². The van der Waals surface area contributed by atoms with Gasteiger partial charge >= 0.3 is 5.69 Å². The minimum absolute atomic E-state index is 0.0997. The molecule has 0 amide bonds. The van der Waals surface area contributed by atoms with Gasteiger partial charge in [-0.3, -0.25) is 18.9 Å². The summed E-state index contributed by atoms with van der Waals surface area (Å²) in [4.78, 5) is 29.9. The minimum Gasteiger partial charge on any atom is -0.494 e. The molecule has 7 heteroatoms. The lowest BCUT2D eigenvalue weighted by atomic mass is 10.0. The van der Waals surface area contributed by atoms with Gasteiger partial charge in [-0.05, 0) is 48.3 Å². The van der Waals surface area contributed by atoms with Crippen LogP contribution in [0.2, 0.25) is 0 Å². The normalized spacial score (nSPS) is 15.1. The van der Waals surface area contributed by atoms with E-state index in [-0.39, 0.29) is 11.4 Å². The summed E-state index contributed by atoms with van der Waals surface area (Å²) in [7, 11) is 2.85. The molecule has 162 valence electrons. The van der Waals surface area contributed by atoms with Crippen molar-refractivity contribution in [2.75, 3.05) is 5.32 Å². The molecular weight excluding hydrogens is 404 g/mol. The maximum atomic E-state index is 13.1. The SMILES string of the molecule is Cn1c(O)c(C2=C(C=Nc3ccccc3)CC/C2=C\Nc2ccccc2)c(=O)n(C)c1=O. The lowest BCUT2D eigenvalue weighted by Gasteiger charge is -2.14. The van der Waals surface area contributed by atoms with E-state index < -0.39 is 11.2 Å². The summed E-state index contributed by atoms with van der Waals surface area (Å²) in [6.45, 7) is 0. The summed E-state index contributed by atoms with van der Waals surface area (Å²) in [5.74, 6) is -0.355. The minimum atomic E-state index is -0.581. The Morgan fingerprint density at radius 3 is 2.28 bits per heavy atom. The number of benzene rings is 2. The highest BCUT2D eigenvalue weighted by Gasteiger charge is 2.27. The Morgan fingerprint density at radius 2 is 1.59 bits per heavy atom. The van der Waals surface area contributed by atoms with Gasteiger partial charge in [0, 0.05) is 37.8 Å². The zero-order valence-corrected chi connectivity index (χ0v) is 17.9. The first-order chi connectivity index (χ1) is 15.5. The highest BCUT2D eigenvalue weighted by Crippen LogP contribution is 2.39. The molecule has 4 rings (SSSR count). The first-order valence-corrected chi connectivity index (χ1v) is 10.3. The molecule has 1 aliphatic rings. The number of rotatable bonds is 5. The molecule has 0 saturated carbocycles. The number of nitrogens with one attached hydrogen (secondary N) is 1. The summed E-state index contributed by atoms with van der Waals surface area (Å²) in [5.41, 5.74) is 2.95. The number of allylic oxidation sites excluding steroid dienone is 3. The quantitative estimate of drug-likeness (QED) is 0.606. The first kappa shape index (κ1) is 21.1. The molecule has 0 radical (unpaired) electrons. The van der Waals surface area contributed by atoms with Crippen LogP contribution in [0.3, 0.4) is 0 Å². The van der Waals surface area contributed by atoms with E-state index >= 15 is 0 Å². The third-order valence-electron chi connectivity index (χ3n) is 5.50. The second-order valence-corrected chi connectivity index (χ2v) is 7.58. The van der Waals surface area contributed by atoms with Crippen molar-refractivity contribution in [1.82, 2.24) is 9.13 Å². The van der Waals surface area contributed by atoms with E-state index in [4.69, 9.17) is 0 Å². The van der Waals surface area contributed by atoms with Gasteiger partial charge in [-0.1, -0.05) is 36.4 Å². The fraction of sp³-hybridized carbons (Fsp3) is 0.160. The number of para-hydroxylation sites is 2. The Labute approximate surface area is 185 Å². The summed E-state index contributed by atoms with van der Waals surface area (Å²) in [6, 6.07) is 19.2. The molecule has 3 aromatic rings. The largest absolute Gasteiger partial charge is 0.494 e. The highest BCUT2D eigenvalue weighted by molar-refractivity contribution is 6.00. The van der Waals surface area contributed by atoms with Crippen molar-refractivity contribution in [3.05, 3.63) is 104 Å². The molecule has 1 aromatic heterocycles. The fourth-order valence-corrected chi connectivity index (χ4v) is 3.74. The van der Waals surface area contributed by atoms with Crippen LogP contribution < -0.4 is 16.6 Å². The Balaban J connectivity index is 1.87. The van der Waals surface area contributed by atoms with Crippen LogP contribution in [-0.4, -0.2) is 20.5 Å². The Bertz CT molecular complexity index is 1350. The Morgan fingerprint density at radius 1 is 0.938 bits per heavy atom. The van der Waals surface area contributed by atoms with E-state index in [2.05, 4.69) is 10.3 Å². The van der Waals surface area contributed by atoms with Crippen LogP contribution in [0.5, 0.6) is 5.88 Å². The summed E-state index contributed by atoms with van der Waals surface area (Å²) < 4.78 is 2.09. The maximum Gasteiger partial charge on any atom is 0.333 e. The standard InChI is InChI=1S/C25H24N4O3/c1-28-23(30)22(24(31)29(2)25(28)32)21-17(15-26-19-9-5-3-6-10-19)13-14-18(21)16-27-20-11-7-4-8-12-20/h3-12,15-16,26,30H,13-14H2,1-2H3/b17-15+,27-16?. The van der Waals surface area contributed by atoms with Crippen molar-refractivity contribution in [2.24, 2.45) is 19.1 Å². The van der Waals surface area contributed by atoms with Crippen molar-refractivity contribution in [3.63, 3.8) is 0 Å². The summed E-state index contributed by atoms with van der Waals surface area (Å²) >= 11 is 0. The van der Waals surface area contributed by atoms with E-state index in [1.807, 2.05) is 66.9 Å². The number of aliphatic imine (C=N–C) groups is 1. The van der Waals surface area contributed by atoms with Crippen LogP contribution >= 0.6 is 0 Å². The molecule has 0 bridgehead atoms. The predicted octanol–water partition coefficient (Wildman–Crippen LogP) is 3.74. The van der Waals surface area contributed by atoms with Crippen LogP contribution in [0.25, 0.3) is 5.57 Å². The topological polar surface area (TPSA) is 88.6 Å². The lowest BCUT2D eigenvalue weighted by Crippen LogP contribution is -2.38. The van der Waals surface area contributed by atoms with Gasteiger partial charge in [-0.25, -0.2) is 4.79 Å². The van der Waals surface area contributed by atoms with Gasteiger partial charge in [0.2, 0.25) is 5.88 Å². The van der Waals surface area contributed by atoms with Gasteiger partial charge in [-0.15, -0.1) is 0 Å². The zero-order chi connectivity index (χ0) is 22.7. The molecule has 1 aliphatic carbocycles. The molecule has 0 unspecified atom stereocenters. The number of aromatic hydroxyl groups is 1. The van der Waals surface area contributed by atoms with E-state index in [9.17, 15) is 14.7 Å². The molecule has 1 heterocycles. The lowest BCUT2D eigenvalue weighted by molar-refractivity contribution is 0.409. The number of hydrogen-bond donors (Lipinski definition) is 2. The predicted molar refractivity (Wildman–Crippen MR) is 127 cm³/mol. The molecule has 32 heavy (non-hydrogen) atoms. The Hall–Kier alpha value is -4.13. The van der Waals surface area contributed by atoms with Crippen molar-refractivity contribution < 1.29 is 5.11 Å². The zero-order valence-electron chi connectivity index (χ0n) is 17.9. The molecule has 0 fully saturated rings. The van der Waals surface area contributed by atoms with Gasteiger partial charge in [0.1, 0.15) is 5.56 Å². The van der Waals surface area contributed by atoms with Crippen molar-refractivity contribution in [1.29, 1.82) is 0 Å². The average Bonchev–Trinajstić information content (AvgIpc) is 3.22. The third-order valence-corrected chi connectivity index (χ3v) is 5.50. The molecule has 2 aromatic carbocycles. The summed E-state index contributed by atoms with van der Waals surface area (Å²) in [5, 5.41) is 14.0. The average molecular weight is 428 g/mol. The van der Waals surface area contributed by atoms with Crippen LogP contribution in [0.1, 0.15) is 18.4 Å². The van der Waals surface area contributed by atoms with Crippen molar-refractivity contribution in [3.8, 4) is 5.88 Å². The molecule has 0 saturated heterocycles. The van der Waals surface area contributed by atoms with Gasteiger partial charge in [0.05, 0.1) is 5.69 Å². The van der Waals surface area contributed by atoms with Crippen molar-refractivity contribution in [2.45, 2.75) is 12.8 Å². The van der Waals surface area contributed by atoms with E-state index in [1.165, 1.54) is 14.1 Å². The second-order valence-electron chi connectivity index (χ2n) is 7.58. The molecule has 0 spiro atoms. The fourth-order valence-electron chi connectivity index (χ4n) is 3.74. The van der Waals surface area contributed by atoms with Crippen LogP contribution in [-0.2, 0) is 14.1 Å². The summed E-state index contributed by atoms with van der Waals surface area (Å²) in [6.07, 6.45) is 4.90. The van der Waals surface area contributed by atoms with Crippen molar-refractivity contribution >= 4 is 23.2 Å². The molecule has 2 N–H and O–H groups in total. The molecule has 0 aliphatic heterocycles. The Kier molecular flexibility index (Phi) is 5.89. The van der Waals surface area contributed by atoms with Crippen LogP contribution in [0.15, 0.2) is 92.6 Å². The van der Waals surface area contributed by atoms with Gasteiger partial charge in [0.25, 0.3) is 5.56 Å². The van der Waals surface area contributed by atoms with E-state index in [1.54, 1.807) is 6.21 Å². The second kappa shape index (κ2) is 8.93.